The predicted octanol–water partition coefficient (Wildman–Crippen LogP) is 2.75. The minimum absolute atomic E-state index is 0.757. The highest BCUT2D eigenvalue weighted by atomic mass is 15.4. The van der Waals surface area contributed by atoms with E-state index in [0.29, 0.717) is 0 Å². The molecule has 0 aromatic carbocycles. The van der Waals surface area contributed by atoms with Crippen molar-refractivity contribution in [2.45, 2.75) is 71.0 Å². The number of nitrogens with zero attached hydrogens (tertiary/aromatic N) is 3. The summed E-state index contributed by atoms with van der Waals surface area (Å²) in [7, 11) is 2.10. The maximum Gasteiger partial charge on any atom is 0.131 e. The average Bonchev–Trinajstić information content (AvgIpc) is 3.29. The Balaban J connectivity index is 1.80. The number of hydrogen-bond donors (Lipinski definition) is 1. The third kappa shape index (κ3) is 3.00. The molecule has 20 heavy (non-hydrogen) atoms. The quantitative estimate of drug-likeness (QED) is 0.792. The number of unbranched alkanes of at least 4 members (excludes halogenated alkanes) is 1. The second-order valence-electron chi connectivity index (χ2n) is 6.44. The summed E-state index contributed by atoms with van der Waals surface area (Å²) in [5.41, 5.74) is 2.61. The zero-order valence-corrected chi connectivity index (χ0v) is 13.2. The van der Waals surface area contributed by atoms with Gasteiger partial charge in [-0.1, -0.05) is 13.3 Å². The molecule has 1 aromatic heterocycles. The van der Waals surface area contributed by atoms with Crippen LogP contribution in [0.5, 0.6) is 0 Å². The van der Waals surface area contributed by atoms with Gasteiger partial charge < -0.3 is 10.2 Å². The summed E-state index contributed by atoms with van der Waals surface area (Å²) in [5, 5.41) is 8.34. The van der Waals surface area contributed by atoms with E-state index in [2.05, 4.69) is 40.9 Å². The SMILES string of the molecule is CCCCN(c1c(CNC2CC2)c(C)nn1C)C1CC1. The van der Waals surface area contributed by atoms with E-state index in [4.69, 9.17) is 0 Å². The van der Waals surface area contributed by atoms with E-state index in [9.17, 15) is 0 Å². The minimum Gasteiger partial charge on any atom is -0.354 e. The van der Waals surface area contributed by atoms with Gasteiger partial charge in [0.1, 0.15) is 5.82 Å². The van der Waals surface area contributed by atoms with Crippen molar-refractivity contribution in [3.05, 3.63) is 11.3 Å². The molecule has 4 heteroatoms. The predicted molar refractivity (Wildman–Crippen MR) is 83.1 cm³/mol. The fourth-order valence-electron chi connectivity index (χ4n) is 2.97. The van der Waals surface area contributed by atoms with Crippen LogP contribution in [0, 0.1) is 6.92 Å². The molecule has 0 amide bonds. The van der Waals surface area contributed by atoms with Gasteiger partial charge in [-0.25, -0.2) is 0 Å². The molecule has 2 saturated carbocycles. The topological polar surface area (TPSA) is 33.1 Å². The number of hydrogen-bond acceptors (Lipinski definition) is 3. The highest BCUT2D eigenvalue weighted by molar-refractivity contribution is 5.52. The average molecular weight is 276 g/mol. The first-order chi connectivity index (χ1) is 9.70. The van der Waals surface area contributed by atoms with Gasteiger partial charge in [-0.15, -0.1) is 0 Å². The number of aryl methyl sites for hydroxylation is 2. The number of anilines is 1. The zero-order chi connectivity index (χ0) is 14.1. The van der Waals surface area contributed by atoms with Gasteiger partial charge in [-0.3, -0.25) is 4.68 Å². The monoisotopic (exact) mass is 276 g/mol. The standard InChI is InChI=1S/C16H28N4/c1-4-5-10-20(14-8-9-14)16-15(11-17-13-6-7-13)12(2)18-19(16)3/h13-14,17H,4-11H2,1-3H3. The van der Waals surface area contributed by atoms with Crippen LogP contribution in [0.25, 0.3) is 0 Å². The van der Waals surface area contributed by atoms with Gasteiger partial charge in [0.05, 0.1) is 5.69 Å². The molecule has 112 valence electrons. The van der Waals surface area contributed by atoms with Crippen molar-refractivity contribution < 1.29 is 0 Å². The van der Waals surface area contributed by atoms with E-state index >= 15 is 0 Å². The summed E-state index contributed by atoms with van der Waals surface area (Å²) in [4.78, 5) is 2.62. The Bertz CT molecular complexity index is 457. The molecule has 0 radical (unpaired) electrons. The molecule has 0 bridgehead atoms. The largest absolute Gasteiger partial charge is 0.354 e. The van der Waals surface area contributed by atoms with Crippen molar-refractivity contribution in [1.29, 1.82) is 0 Å². The molecule has 1 N–H and O–H groups in total. The summed E-state index contributed by atoms with van der Waals surface area (Å²) >= 11 is 0. The number of rotatable bonds is 8. The number of aromatic nitrogens is 2. The maximum atomic E-state index is 4.68. The lowest BCUT2D eigenvalue weighted by Gasteiger charge is -2.26. The Morgan fingerprint density at radius 1 is 1.30 bits per heavy atom. The van der Waals surface area contributed by atoms with E-state index in [0.717, 1.165) is 18.6 Å². The molecule has 2 fully saturated rings. The van der Waals surface area contributed by atoms with Crippen LogP contribution in [0.15, 0.2) is 0 Å². The first-order valence-corrected chi connectivity index (χ1v) is 8.23. The zero-order valence-electron chi connectivity index (χ0n) is 13.2. The van der Waals surface area contributed by atoms with Crippen molar-refractivity contribution in [2.24, 2.45) is 7.05 Å². The summed E-state index contributed by atoms with van der Waals surface area (Å²) in [6, 6.07) is 1.52. The van der Waals surface area contributed by atoms with Crippen LogP contribution in [-0.2, 0) is 13.6 Å². The maximum absolute atomic E-state index is 4.68. The fraction of sp³-hybridized carbons (Fsp3) is 0.812. The van der Waals surface area contributed by atoms with E-state index < -0.39 is 0 Å². The van der Waals surface area contributed by atoms with Crippen molar-refractivity contribution in [1.82, 2.24) is 15.1 Å². The molecule has 4 nitrogen and oxygen atoms in total. The summed E-state index contributed by atoms with van der Waals surface area (Å²) in [6.07, 6.45) is 7.92. The lowest BCUT2D eigenvalue weighted by atomic mass is 10.2. The lowest BCUT2D eigenvalue weighted by Crippen LogP contribution is -2.30. The molecular formula is C16H28N4. The summed E-state index contributed by atoms with van der Waals surface area (Å²) < 4.78 is 2.10. The molecular weight excluding hydrogens is 248 g/mol. The Morgan fingerprint density at radius 2 is 2.05 bits per heavy atom. The van der Waals surface area contributed by atoms with Crippen LogP contribution in [0.2, 0.25) is 0 Å². The second-order valence-corrected chi connectivity index (χ2v) is 6.44. The van der Waals surface area contributed by atoms with Gasteiger partial charge in [0.2, 0.25) is 0 Å². The molecule has 0 atom stereocenters. The van der Waals surface area contributed by atoms with Gasteiger partial charge in [-0.05, 0) is 39.0 Å². The van der Waals surface area contributed by atoms with Crippen LogP contribution in [0.3, 0.4) is 0 Å². The molecule has 0 unspecified atom stereocenters. The first kappa shape index (κ1) is 13.9. The van der Waals surface area contributed by atoms with Crippen molar-refractivity contribution in [3.8, 4) is 0 Å². The summed E-state index contributed by atoms with van der Waals surface area (Å²) in [6.45, 7) is 6.58. The van der Waals surface area contributed by atoms with Crippen LogP contribution in [0.1, 0.15) is 56.7 Å². The van der Waals surface area contributed by atoms with Gasteiger partial charge >= 0.3 is 0 Å². The Labute approximate surface area is 122 Å². The third-order valence-corrected chi connectivity index (χ3v) is 4.47. The fourth-order valence-corrected chi connectivity index (χ4v) is 2.97. The van der Waals surface area contributed by atoms with E-state index in [1.807, 2.05) is 0 Å². The van der Waals surface area contributed by atoms with E-state index in [-0.39, 0.29) is 0 Å². The molecule has 0 aliphatic heterocycles. The Kier molecular flexibility index (Phi) is 4.01. The molecule has 0 saturated heterocycles. The van der Waals surface area contributed by atoms with Crippen LogP contribution in [-0.4, -0.2) is 28.4 Å². The molecule has 1 aromatic rings. The Hall–Kier alpha value is -1.03. The number of nitrogens with one attached hydrogen (secondary N) is 1. The smallest absolute Gasteiger partial charge is 0.131 e. The van der Waals surface area contributed by atoms with Gasteiger partial charge in [-0.2, -0.15) is 5.10 Å². The second kappa shape index (κ2) is 5.76. The van der Waals surface area contributed by atoms with E-state index in [1.165, 1.54) is 62.1 Å². The summed E-state index contributed by atoms with van der Waals surface area (Å²) in [5.74, 6) is 1.37. The van der Waals surface area contributed by atoms with Gasteiger partial charge in [0, 0.05) is 37.8 Å². The Morgan fingerprint density at radius 3 is 2.65 bits per heavy atom. The lowest BCUT2D eigenvalue weighted by molar-refractivity contribution is 0.650. The molecule has 3 rings (SSSR count). The van der Waals surface area contributed by atoms with Crippen molar-refractivity contribution in [2.75, 3.05) is 11.4 Å². The molecule has 2 aliphatic carbocycles. The molecule has 1 heterocycles. The highest BCUT2D eigenvalue weighted by Gasteiger charge is 2.33. The first-order valence-electron chi connectivity index (χ1n) is 8.23. The van der Waals surface area contributed by atoms with Crippen LogP contribution in [0.4, 0.5) is 5.82 Å². The van der Waals surface area contributed by atoms with Gasteiger partial charge in [0.25, 0.3) is 0 Å². The highest BCUT2D eigenvalue weighted by Crippen LogP contribution is 2.35. The van der Waals surface area contributed by atoms with Crippen LogP contribution >= 0.6 is 0 Å². The van der Waals surface area contributed by atoms with E-state index in [1.54, 1.807) is 0 Å². The van der Waals surface area contributed by atoms with Gasteiger partial charge in [0.15, 0.2) is 0 Å². The van der Waals surface area contributed by atoms with Crippen molar-refractivity contribution >= 4 is 5.82 Å². The minimum atomic E-state index is 0.757. The van der Waals surface area contributed by atoms with Crippen molar-refractivity contribution in [3.63, 3.8) is 0 Å². The molecule has 2 aliphatic rings. The molecule has 0 spiro atoms. The van der Waals surface area contributed by atoms with Crippen LogP contribution < -0.4 is 10.2 Å². The normalized spacial score (nSPS) is 18.6. The third-order valence-electron chi connectivity index (χ3n) is 4.47.